The maximum atomic E-state index is 4.13. The molecule has 0 radical (unpaired) electrons. The summed E-state index contributed by atoms with van der Waals surface area (Å²) in [5.41, 5.74) is 0. The molecule has 1 nitrogen and oxygen atoms in total. The predicted octanol–water partition coefficient (Wildman–Crippen LogP) is 2.42. The second-order valence-corrected chi connectivity index (χ2v) is 2.13. The molecule has 0 rings (SSSR count). The zero-order valence-corrected chi connectivity index (χ0v) is 6.52. The third kappa shape index (κ3) is 5.32. The van der Waals surface area contributed by atoms with Gasteiger partial charge < -0.3 is 0 Å². The lowest BCUT2D eigenvalue weighted by molar-refractivity contribution is 0.721. The third-order valence-electron chi connectivity index (χ3n) is 1.18. The van der Waals surface area contributed by atoms with Crippen LogP contribution in [-0.2, 0) is 0 Å². The highest BCUT2D eigenvalue weighted by atomic mass is 14.7. The third-order valence-corrected chi connectivity index (χ3v) is 1.18. The number of allylic oxidation sites excluding steroid dienone is 1. The molecule has 0 aliphatic rings. The molecule has 0 bridgehead atoms. The number of rotatable bonds is 3. The van der Waals surface area contributed by atoms with Gasteiger partial charge in [-0.15, -0.1) is 0 Å². The predicted molar refractivity (Wildman–Crippen MR) is 42.0 cm³/mol. The number of aliphatic imine (C=N–C) groups is 1. The summed E-state index contributed by atoms with van der Waals surface area (Å²) in [5.74, 6) is 2.89. The largest absolute Gasteiger partial charge is 0.240 e. The van der Waals surface area contributed by atoms with Crippen molar-refractivity contribution in [1.82, 2.24) is 0 Å². The first-order valence-electron chi connectivity index (χ1n) is 3.58. The Kier molecular flexibility index (Phi) is 5.24. The molecule has 1 atom stereocenters. The topological polar surface area (TPSA) is 12.4 Å². The standard InChI is InChI=1S/C8H15N/c1-4-6-7-9-8(3)5-2/h6,8H,4-5H2,1-3H3. The van der Waals surface area contributed by atoms with Crippen molar-refractivity contribution in [3.05, 3.63) is 6.08 Å². The van der Waals surface area contributed by atoms with Crippen LogP contribution in [0.3, 0.4) is 0 Å². The summed E-state index contributed by atoms with van der Waals surface area (Å²) in [5, 5.41) is 0. The van der Waals surface area contributed by atoms with E-state index in [2.05, 4.69) is 31.6 Å². The SMILES string of the molecule is CCC=C=NC(C)CC. The van der Waals surface area contributed by atoms with E-state index < -0.39 is 0 Å². The molecule has 0 amide bonds. The van der Waals surface area contributed by atoms with Crippen LogP contribution < -0.4 is 0 Å². The van der Waals surface area contributed by atoms with Crippen molar-refractivity contribution in [3.63, 3.8) is 0 Å². The first-order valence-corrected chi connectivity index (χ1v) is 3.58. The van der Waals surface area contributed by atoms with Crippen molar-refractivity contribution >= 4 is 5.87 Å². The second kappa shape index (κ2) is 5.58. The molecule has 9 heavy (non-hydrogen) atoms. The minimum absolute atomic E-state index is 0.438. The number of nitrogens with zero attached hydrogens (tertiary/aromatic N) is 1. The van der Waals surface area contributed by atoms with Gasteiger partial charge in [-0.2, -0.15) is 0 Å². The van der Waals surface area contributed by atoms with E-state index in [1.165, 1.54) is 0 Å². The van der Waals surface area contributed by atoms with Crippen LogP contribution in [0.1, 0.15) is 33.6 Å². The Morgan fingerprint density at radius 1 is 1.56 bits per heavy atom. The molecule has 0 aromatic heterocycles. The van der Waals surface area contributed by atoms with E-state index in [-0.39, 0.29) is 0 Å². The quantitative estimate of drug-likeness (QED) is 0.514. The molecule has 0 aromatic carbocycles. The fourth-order valence-electron chi connectivity index (χ4n) is 0.363. The average molecular weight is 125 g/mol. The van der Waals surface area contributed by atoms with E-state index in [1.54, 1.807) is 0 Å². The van der Waals surface area contributed by atoms with E-state index in [0.717, 1.165) is 12.8 Å². The summed E-state index contributed by atoms with van der Waals surface area (Å²) >= 11 is 0. The van der Waals surface area contributed by atoms with E-state index in [9.17, 15) is 0 Å². The van der Waals surface area contributed by atoms with Gasteiger partial charge >= 0.3 is 0 Å². The Morgan fingerprint density at radius 3 is 2.67 bits per heavy atom. The van der Waals surface area contributed by atoms with Crippen LogP contribution in [0.25, 0.3) is 0 Å². The van der Waals surface area contributed by atoms with Gasteiger partial charge in [0, 0.05) is 0 Å². The Labute approximate surface area is 57.5 Å². The molecule has 0 saturated heterocycles. The monoisotopic (exact) mass is 125 g/mol. The van der Waals surface area contributed by atoms with Crippen LogP contribution in [0.15, 0.2) is 11.1 Å². The van der Waals surface area contributed by atoms with Gasteiger partial charge in [-0.3, -0.25) is 0 Å². The lowest BCUT2D eigenvalue weighted by atomic mass is 10.3. The summed E-state index contributed by atoms with van der Waals surface area (Å²) in [6.45, 7) is 6.30. The molecule has 1 unspecified atom stereocenters. The average Bonchev–Trinajstić information content (AvgIpc) is 1.89. The molecule has 0 fully saturated rings. The minimum Gasteiger partial charge on any atom is -0.240 e. The molecular weight excluding hydrogens is 110 g/mol. The maximum Gasteiger partial charge on any atom is 0.0563 e. The van der Waals surface area contributed by atoms with Crippen LogP contribution in [0.5, 0.6) is 0 Å². The van der Waals surface area contributed by atoms with Crippen molar-refractivity contribution in [3.8, 4) is 0 Å². The second-order valence-electron chi connectivity index (χ2n) is 2.13. The van der Waals surface area contributed by atoms with Crippen LogP contribution >= 0.6 is 0 Å². The highest BCUT2D eigenvalue weighted by molar-refractivity contribution is 5.51. The Hall–Kier alpha value is -0.550. The zero-order valence-electron chi connectivity index (χ0n) is 6.52. The lowest BCUT2D eigenvalue weighted by Crippen LogP contribution is -1.91. The molecule has 52 valence electrons. The molecule has 0 aromatic rings. The summed E-state index contributed by atoms with van der Waals surface area (Å²) in [6, 6.07) is 0.438. The van der Waals surface area contributed by atoms with Gasteiger partial charge in [0.1, 0.15) is 0 Å². The number of hydrogen-bond donors (Lipinski definition) is 0. The smallest absolute Gasteiger partial charge is 0.0563 e. The first kappa shape index (κ1) is 8.45. The molecule has 0 N–H and O–H groups in total. The molecule has 1 heteroatoms. The fraction of sp³-hybridized carbons (Fsp3) is 0.750. The van der Waals surface area contributed by atoms with E-state index in [0.29, 0.717) is 6.04 Å². The van der Waals surface area contributed by atoms with Gasteiger partial charge in [-0.25, -0.2) is 4.99 Å². The minimum atomic E-state index is 0.438. The summed E-state index contributed by atoms with van der Waals surface area (Å²) in [6.07, 6.45) is 4.08. The Balaban J connectivity index is 3.55. The normalized spacial score (nSPS) is 11.9. The first-order chi connectivity index (χ1) is 4.31. The lowest BCUT2D eigenvalue weighted by Gasteiger charge is -1.94. The fourth-order valence-corrected chi connectivity index (χ4v) is 0.363. The van der Waals surface area contributed by atoms with Crippen molar-refractivity contribution < 1.29 is 0 Å². The van der Waals surface area contributed by atoms with E-state index in [1.807, 2.05) is 6.08 Å². The van der Waals surface area contributed by atoms with Crippen LogP contribution in [0, 0.1) is 0 Å². The molecular formula is C8H15N. The highest BCUT2D eigenvalue weighted by Crippen LogP contribution is 1.91. The van der Waals surface area contributed by atoms with Gasteiger partial charge in [0.25, 0.3) is 0 Å². The van der Waals surface area contributed by atoms with Crippen molar-refractivity contribution in [2.45, 2.75) is 39.7 Å². The van der Waals surface area contributed by atoms with Crippen molar-refractivity contribution in [2.24, 2.45) is 4.99 Å². The summed E-state index contributed by atoms with van der Waals surface area (Å²) in [4.78, 5) is 4.13. The van der Waals surface area contributed by atoms with E-state index in [4.69, 9.17) is 0 Å². The highest BCUT2D eigenvalue weighted by Gasteiger charge is 1.87. The van der Waals surface area contributed by atoms with Gasteiger partial charge in [0.05, 0.1) is 6.04 Å². The van der Waals surface area contributed by atoms with Crippen molar-refractivity contribution in [1.29, 1.82) is 0 Å². The van der Waals surface area contributed by atoms with E-state index >= 15 is 0 Å². The molecule has 0 aliphatic heterocycles. The maximum absolute atomic E-state index is 4.13. The van der Waals surface area contributed by atoms with Crippen LogP contribution in [0.2, 0.25) is 0 Å². The molecule has 0 aliphatic carbocycles. The van der Waals surface area contributed by atoms with Gasteiger partial charge in [-0.1, -0.05) is 13.8 Å². The molecule has 0 saturated carbocycles. The Bertz CT molecular complexity index is 110. The molecule has 0 heterocycles. The van der Waals surface area contributed by atoms with Gasteiger partial charge in [0.2, 0.25) is 0 Å². The van der Waals surface area contributed by atoms with Gasteiger partial charge in [-0.05, 0) is 31.7 Å². The zero-order chi connectivity index (χ0) is 7.11. The van der Waals surface area contributed by atoms with Crippen LogP contribution in [-0.4, -0.2) is 11.9 Å². The summed E-state index contributed by atoms with van der Waals surface area (Å²) in [7, 11) is 0. The van der Waals surface area contributed by atoms with Crippen LogP contribution in [0.4, 0.5) is 0 Å². The molecule has 0 spiro atoms. The van der Waals surface area contributed by atoms with Gasteiger partial charge in [0.15, 0.2) is 0 Å². The number of hydrogen-bond acceptors (Lipinski definition) is 1. The van der Waals surface area contributed by atoms with Crippen molar-refractivity contribution in [2.75, 3.05) is 0 Å². The Morgan fingerprint density at radius 2 is 2.22 bits per heavy atom. The summed E-state index contributed by atoms with van der Waals surface area (Å²) < 4.78 is 0.